The van der Waals surface area contributed by atoms with E-state index < -0.39 is 5.97 Å². The maximum Gasteiger partial charge on any atom is 0.335 e. The van der Waals surface area contributed by atoms with E-state index in [1.165, 1.54) is 0 Å². The number of rotatable bonds is 1. The molecule has 1 aliphatic rings. The Balaban J connectivity index is 2.13. The van der Waals surface area contributed by atoms with Crippen LogP contribution in [-0.2, 0) is 0 Å². The largest absolute Gasteiger partial charge is 0.478 e. The Bertz CT molecular complexity index is 659. The molecule has 1 N–H and O–H groups in total. The van der Waals surface area contributed by atoms with Gasteiger partial charge in [0.05, 0.1) is 5.56 Å². The van der Waals surface area contributed by atoms with Crippen LogP contribution in [0.25, 0.3) is 12.2 Å². The Kier molecular flexibility index (Phi) is 2.68. The van der Waals surface area contributed by atoms with Gasteiger partial charge in [-0.15, -0.1) is 0 Å². The fourth-order valence-corrected chi connectivity index (χ4v) is 2.98. The summed E-state index contributed by atoms with van der Waals surface area (Å²) in [5, 5.41) is 9.02. The molecule has 0 unspecified atom stereocenters. The van der Waals surface area contributed by atoms with Crippen LogP contribution in [0.15, 0.2) is 52.3 Å². The van der Waals surface area contributed by atoms with Crippen LogP contribution in [0, 0.1) is 0 Å². The van der Waals surface area contributed by atoms with Crippen LogP contribution in [0.5, 0.6) is 0 Å². The lowest BCUT2D eigenvalue weighted by Crippen LogP contribution is -1.96. The zero-order chi connectivity index (χ0) is 12.5. The lowest BCUT2D eigenvalue weighted by atomic mass is 10.1. The van der Waals surface area contributed by atoms with Crippen LogP contribution in [0.1, 0.15) is 21.5 Å². The monoisotopic (exact) mass is 254 g/mol. The molecule has 0 saturated heterocycles. The van der Waals surface area contributed by atoms with Crippen LogP contribution in [0.3, 0.4) is 0 Å². The van der Waals surface area contributed by atoms with Gasteiger partial charge in [0.2, 0.25) is 0 Å². The Morgan fingerprint density at radius 2 is 1.67 bits per heavy atom. The number of carbonyl (C=O) groups is 1. The summed E-state index contributed by atoms with van der Waals surface area (Å²) in [6.07, 6.45) is 4.09. The summed E-state index contributed by atoms with van der Waals surface area (Å²) in [5.41, 5.74) is 2.55. The summed E-state index contributed by atoms with van der Waals surface area (Å²) < 4.78 is 0. The highest BCUT2D eigenvalue weighted by molar-refractivity contribution is 7.99. The molecular formula is C15H10O2S. The second kappa shape index (κ2) is 4.35. The van der Waals surface area contributed by atoms with E-state index in [0.717, 1.165) is 20.9 Å². The van der Waals surface area contributed by atoms with Crippen molar-refractivity contribution in [1.29, 1.82) is 0 Å². The molecule has 2 aromatic carbocycles. The van der Waals surface area contributed by atoms with E-state index in [-0.39, 0.29) is 0 Å². The van der Waals surface area contributed by atoms with E-state index in [2.05, 4.69) is 12.1 Å². The molecule has 3 heteroatoms. The van der Waals surface area contributed by atoms with Crippen molar-refractivity contribution in [2.24, 2.45) is 0 Å². The number of carboxylic acid groups (broad SMARTS) is 1. The Morgan fingerprint density at radius 3 is 2.44 bits per heavy atom. The van der Waals surface area contributed by atoms with Crippen LogP contribution >= 0.6 is 11.8 Å². The molecule has 2 aromatic rings. The molecule has 0 aliphatic carbocycles. The van der Waals surface area contributed by atoms with E-state index in [1.54, 1.807) is 23.9 Å². The first-order chi connectivity index (χ1) is 8.74. The lowest BCUT2D eigenvalue weighted by Gasteiger charge is -2.06. The van der Waals surface area contributed by atoms with Crippen molar-refractivity contribution in [2.45, 2.75) is 9.79 Å². The van der Waals surface area contributed by atoms with Crippen LogP contribution in [0.4, 0.5) is 0 Å². The summed E-state index contributed by atoms with van der Waals surface area (Å²) in [5.74, 6) is -0.889. The molecule has 2 nitrogen and oxygen atoms in total. The van der Waals surface area contributed by atoms with E-state index in [1.807, 2.05) is 30.3 Å². The zero-order valence-electron chi connectivity index (χ0n) is 9.46. The van der Waals surface area contributed by atoms with Crippen molar-refractivity contribution < 1.29 is 9.90 Å². The highest BCUT2D eigenvalue weighted by Gasteiger charge is 2.12. The maximum absolute atomic E-state index is 11.0. The smallest absolute Gasteiger partial charge is 0.335 e. The number of benzene rings is 2. The topological polar surface area (TPSA) is 37.3 Å². The highest BCUT2D eigenvalue weighted by atomic mass is 32.2. The molecule has 0 spiro atoms. The number of hydrogen-bond acceptors (Lipinski definition) is 2. The van der Waals surface area contributed by atoms with Crippen LogP contribution < -0.4 is 0 Å². The van der Waals surface area contributed by atoms with Gasteiger partial charge in [0, 0.05) is 9.79 Å². The average molecular weight is 254 g/mol. The molecule has 1 heterocycles. The second-order valence-corrected chi connectivity index (χ2v) is 5.11. The molecular weight excluding hydrogens is 244 g/mol. The van der Waals surface area contributed by atoms with Gasteiger partial charge in [-0.3, -0.25) is 0 Å². The number of carboxylic acids is 1. The molecule has 0 amide bonds. The predicted octanol–water partition coefficient (Wildman–Crippen LogP) is 4.02. The van der Waals surface area contributed by atoms with Gasteiger partial charge in [0.1, 0.15) is 0 Å². The summed E-state index contributed by atoms with van der Waals surface area (Å²) in [6, 6.07) is 13.3. The zero-order valence-corrected chi connectivity index (χ0v) is 10.3. The summed E-state index contributed by atoms with van der Waals surface area (Å²) in [4.78, 5) is 13.1. The average Bonchev–Trinajstić information content (AvgIpc) is 2.56. The molecule has 3 rings (SSSR count). The Labute approximate surface area is 109 Å². The molecule has 0 radical (unpaired) electrons. The van der Waals surface area contributed by atoms with Gasteiger partial charge in [0.25, 0.3) is 0 Å². The minimum atomic E-state index is -0.889. The Hall–Kier alpha value is -2.00. The molecule has 88 valence electrons. The van der Waals surface area contributed by atoms with E-state index in [9.17, 15) is 4.79 Å². The molecule has 18 heavy (non-hydrogen) atoms. The molecule has 0 atom stereocenters. The van der Waals surface area contributed by atoms with Crippen molar-refractivity contribution in [1.82, 2.24) is 0 Å². The van der Waals surface area contributed by atoms with Gasteiger partial charge in [-0.2, -0.15) is 0 Å². The maximum atomic E-state index is 11.0. The molecule has 0 bridgehead atoms. The molecule has 0 aromatic heterocycles. The quantitative estimate of drug-likeness (QED) is 0.712. The minimum Gasteiger partial charge on any atom is -0.478 e. The number of hydrogen-bond donors (Lipinski definition) is 1. The van der Waals surface area contributed by atoms with E-state index in [4.69, 9.17) is 5.11 Å². The number of fused-ring (bicyclic) bond motifs is 2. The SMILES string of the molecule is O=C(O)c1ccc2c(c1)Sc1ccccc1C=C2. The summed E-state index contributed by atoms with van der Waals surface area (Å²) in [7, 11) is 0. The van der Waals surface area contributed by atoms with Crippen LogP contribution in [-0.4, -0.2) is 11.1 Å². The minimum absolute atomic E-state index is 0.328. The first-order valence-electron chi connectivity index (χ1n) is 5.56. The normalized spacial score (nSPS) is 12.4. The van der Waals surface area contributed by atoms with Crippen molar-refractivity contribution in [3.8, 4) is 0 Å². The van der Waals surface area contributed by atoms with Gasteiger partial charge in [0.15, 0.2) is 0 Å². The fraction of sp³-hybridized carbons (Fsp3) is 0. The predicted molar refractivity (Wildman–Crippen MR) is 72.9 cm³/mol. The van der Waals surface area contributed by atoms with Crippen LogP contribution in [0.2, 0.25) is 0 Å². The van der Waals surface area contributed by atoms with Crippen molar-refractivity contribution >= 4 is 29.9 Å². The molecule has 0 fully saturated rings. The van der Waals surface area contributed by atoms with E-state index in [0.29, 0.717) is 5.56 Å². The number of aromatic carboxylic acids is 1. The third-order valence-corrected chi connectivity index (χ3v) is 4.01. The van der Waals surface area contributed by atoms with Crippen molar-refractivity contribution in [2.75, 3.05) is 0 Å². The highest BCUT2D eigenvalue weighted by Crippen LogP contribution is 2.37. The van der Waals surface area contributed by atoms with Crippen molar-refractivity contribution in [3.63, 3.8) is 0 Å². The Morgan fingerprint density at radius 1 is 0.944 bits per heavy atom. The van der Waals surface area contributed by atoms with Gasteiger partial charge in [-0.05, 0) is 29.3 Å². The first-order valence-corrected chi connectivity index (χ1v) is 6.38. The van der Waals surface area contributed by atoms with Crippen molar-refractivity contribution in [3.05, 3.63) is 59.2 Å². The third-order valence-electron chi connectivity index (χ3n) is 2.84. The van der Waals surface area contributed by atoms with Gasteiger partial charge in [-0.25, -0.2) is 4.79 Å². The fourth-order valence-electron chi connectivity index (χ4n) is 1.90. The molecule has 0 saturated carbocycles. The van der Waals surface area contributed by atoms with Gasteiger partial charge >= 0.3 is 5.97 Å². The van der Waals surface area contributed by atoms with E-state index >= 15 is 0 Å². The summed E-state index contributed by atoms with van der Waals surface area (Å²) >= 11 is 1.61. The first kappa shape index (κ1) is 11.1. The standard InChI is InChI=1S/C15H10O2S/c16-15(17)12-8-7-11-6-5-10-3-1-2-4-13(10)18-14(11)9-12/h1-9H,(H,16,17). The van der Waals surface area contributed by atoms with Gasteiger partial charge < -0.3 is 5.11 Å². The van der Waals surface area contributed by atoms with Gasteiger partial charge in [-0.1, -0.05) is 48.2 Å². The second-order valence-electron chi connectivity index (χ2n) is 4.03. The third kappa shape index (κ3) is 1.93. The lowest BCUT2D eigenvalue weighted by molar-refractivity contribution is 0.0696. The summed E-state index contributed by atoms with van der Waals surface area (Å²) in [6.45, 7) is 0. The molecule has 1 aliphatic heterocycles.